The largest absolute Gasteiger partial charge is 0.323 e. The van der Waals surface area contributed by atoms with Gasteiger partial charge in [0.1, 0.15) is 4.83 Å². The second-order valence-electron chi connectivity index (χ2n) is 5.99. The van der Waals surface area contributed by atoms with Crippen molar-refractivity contribution in [2.45, 2.75) is 46.1 Å². The monoisotopic (exact) mass is 294 g/mol. The van der Waals surface area contributed by atoms with Gasteiger partial charge in [-0.3, -0.25) is 9.36 Å². The van der Waals surface area contributed by atoms with Crippen LogP contribution in [0.4, 0.5) is 0 Å². The van der Waals surface area contributed by atoms with Crippen LogP contribution in [0.5, 0.6) is 0 Å². The molecule has 1 fully saturated rings. The molecule has 1 saturated carbocycles. The molecule has 0 atom stereocenters. The van der Waals surface area contributed by atoms with Crippen molar-refractivity contribution < 1.29 is 0 Å². The van der Waals surface area contributed by atoms with Gasteiger partial charge in [0, 0.05) is 10.4 Å². The van der Waals surface area contributed by atoms with E-state index in [-0.39, 0.29) is 11.1 Å². The molecule has 102 valence electrons. The topological polar surface area (TPSA) is 37.8 Å². The van der Waals surface area contributed by atoms with Gasteiger partial charge in [-0.15, -0.1) is 11.3 Å². The molecule has 19 heavy (non-hydrogen) atoms. The van der Waals surface area contributed by atoms with Crippen LogP contribution in [0.15, 0.2) is 4.79 Å². The second-order valence-corrected chi connectivity index (χ2v) is 7.60. The lowest BCUT2D eigenvalue weighted by Gasteiger charge is -2.27. The summed E-state index contributed by atoms with van der Waals surface area (Å²) in [6.45, 7) is 8.31. The SMILES string of the molecule is Cc1sc2[nH]c(=S)n(C(C)(C)C3CC3)c(=O)c2c1C. The average Bonchev–Trinajstić information content (AvgIpc) is 3.07. The normalized spacial score (nSPS) is 16.2. The lowest BCUT2D eigenvalue weighted by Crippen LogP contribution is -2.39. The van der Waals surface area contributed by atoms with E-state index in [2.05, 4.69) is 18.8 Å². The summed E-state index contributed by atoms with van der Waals surface area (Å²) in [5.74, 6) is 0.567. The molecule has 1 N–H and O–H groups in total. The van der Waals surface area contributed by atoms with Crippen LogP contribution in [-0.4, -0.2) is 9.55 Å². The summed E-state index contributed by atoms with van der Waals surface area (Å²) < 4.78 is 2.34. The van der Waals surface area contributed by atoms with Crippen molar-refractivity contribution in [1.29, 1.82) is 0 Å². The van der Waals surface area contributed by atoms with Gasteiger partial charge in [-0.05, 0) is 64.2 Å². The summed E-state index contributed by atoms with van der Waals surface area (Å²) in [7, 11) is 0. The molecule has 5 heteroatoms. The highest BCUT2D eigenvalue weighted by molar-refractivity contribution is 7.71. The molecular formula is C14H18N2OS2. The third-order valence-corrected chi connectivity index (χ3v) is 5.79. The summed E-state index contributed by atoms with van der Waals surface area (Å²) >= 11 is 7.04. The van der Waals surface area contributed by atoms with E-state index in [1.54, 1.807) is 15.9 Å². The number of nitrogens with zero attached hydrogens (tertiary/aromatic N) is 1. The van der Waals surface area contributed by atoms with Crippen LogP contribution >= 0.6 is 23.6 Å². The van der Waals surface area contributed by atoms with Crippen molar-refractivity contribution in [3.05, 3.63) is 25.6 Å². The van der Waals surface area contributed by atoms with Crippen LogP contribution in [0, 0.1) is 24.5 Å². The van der Waals surface area contributed by atoms with Gasteiger partial charge in [0.25, 0.3) is 5.56 Å². The molecular weight excluding hydrogens is 276 g/mol. The van der Waals surface area contributed by atoms with Crippen LogP contribution < -0.4 is 5.56 Å². The Morgan fingerprint density at radius 2 is 2.00 bits per heavy atom. The van der Waals surface area contributed by atoms with Crippen LogP contribution in [0.2, 0.25) is 0 Å². The quantitative estimate of drug-likeness (QED) is 0.853. The van der Waals surface area contributed by atoms with E-state index in [0.29, 0.717) is 10.7 Å². The highest BCUT2D eigenvalue weighted by Gasteiger charge is 2.40. The number of aromatic amines is 1. The molecule has 0 saturated heterocycles. The molecule has 0 aliphatic heterocycles. The van der Waals surface area contributed by atoms with Crippen LogP contribution in [-0.2, 0) is 5.54 Å². The number of thiophene rings is 1. The first-order valence-electron chi connectivity index (χ1n) is 6.59. The smallest absolute Gasteiger partial charge is 0.263 e. The van der Waals surface area contributed by atoms with Crippen LogP contribution in [0.1, 0.15) is 37.1 Å². The van der Waals surface area contributed by atoms with E-state index in [4.69, 9.17) is 12.2 Å². The summed E-state index contributed by atoms with van der Waals surface area (Å²) in [5, 5.41) is 0.810. The Bertz CT molecular complexity index is 775. The number of hydrogen-bond donors (Lipinski definition) is 1. The van der Waals surface area contributed by atoms with Gasteiger partial charge in [0.2, 0.25) is 0 Å². The Labute approximate surface area is 121 Å². The molecule has 0 unspecified atom stereocenters. The zero-order valence-corrected chi connectivity index (χ0v) is 13.3. The van der Waals surface area contributed by atoms with Crippen molar-refractivity contribution >= 4 is 33.8 Å². The highest BCUT2D eigenvalue weighted by Crippen LogP contribution is 2.43. The minimum absolute atomic E-state index is 0.0671. The molecule has 2 heterocycles. The van der Waals surface area contributed by atoms with Crippen molar-refractivity contribution in [1.82, 2.24) is 9.55 Å². The molecule has 3 nitrogen and oxygen atoms in total. The Hall–Kier alpha value is -0.940. The molecule has 1 aliphatic rings. The molecule has 2 aromatic heterocycles. The van der Waals surface area contributed by atoms with E-state index in [0.717, 1.165) is 15.8 Å². The molecule has 2 aromatic rings. The Morgan fingerprint density at radius 1 is 1.37 bits per heavy atom. The Kier molecular flexibility index (Phi) is 2.77. The van der Waals surface area contributed by atoms with Crippen molar-refractivity contribution in [2.24, 2.45) is 5.92 Å². The molecule has 0 radical (unpaired) electrons. The maximum absolute atomic E-state index is 12.8. The van der Waals surface area contributed by atoms with E-state index in [1.165, 1.54) is 17.7 Å². The lowest BCUT2D eigenvalue weighted by molar-refractivity contribution is 0.290. The Balaban J connectivity index is 2.40. The summed E-state index contributed by atoms with van der Waals surface area (Å²) in [5.41, 5.74) is 0.954. The number of aryl methyl sites for hydroxylation is 2. The fourth-order valence-electron chi connectivity index (χ4n) is 2.83. The summed E-state index contributed by atoms with van der Waals surface area (Å²) in [4.78, 5) is 18.2. The van der Waals surface area contributed by atoms with Gasteiger partial charge in [0.15, 0.2) is 4.77 Å². The number of hydrogen-bond acceptors (Lipinski definition) is 3. The first-order chi connectivity index (χ1) is 8.84. The van der Waals surface area contributed by atoms with Crippen molar-refractivity contribution in [3.63, 3.8) is 0 Å². The number of fused-ring (bicyclic) bond motifs is 1. The molecule has 3 rings (SSSR count). The van der Waals surface area contributed by atoms with Gasteiger partial charge < -0.3 is 4.98 Å². The van der Waals surface area contributed by atoms with Gasteiger partial charge in [-0.25, -0.2) is 0 Å². The van der Waals surface area contributed by atoms with E-state index in [1.807, 2.05) is 13.8 Å². The van der Waals surface area contributed by atoms with Gasteiger partial charge >= 0.3 is 0 Å². The molecule has 1 aliphatic carbocycles. The number of rotatable bonds is 2. The first kappa shape index (κ1) is 13.1. The molecule has 0 aromatic carbocycles. The van der Waals surface area contributed by atoms with Crippen LogP contribution in [0.25, 0.3) is 10.2 Å². The fraction of sp³-hybridized carbons (Fsp3) is 0.571. The molecule has 0 amide bonds. The maximum atomic E-state index is 12.8. The minimum Gasteiger partial charge on any atom is -0.323 e. The maximum Gasteiger partial charge on any atom is 0.263 e. The lowest BCUT2D eigenvalue weighted by atomic mass is 9.98. The number of nitrogens with one attached hydrogen (secondary N) is 1. The van der Waals surface area contributed by atoms with Gasteiger partial charge in [-0.1, -0.05) is 0 Å². The zero-order chi connectivity index (χ0) is 13.9. The second kappa shape index (κ2) is 4.03. The molecule has 0 bridgehead atoms. The number of H-pyrrole nitrogens is 1. The zero-order valence-electron chi connectivity index (χ0n) is 11.7. The number of aromatic nitrogens is 2. The van der Waals surface area contributed by atoms with Gasteiger partial charge in [-0.2, -0.15) is 0 Å². The summed E-state index contributed by atoms with van der Waals surface area (Å²) in [6.07, 6.45) is 2.38. The first-order valence-corrected chi connectivity index (χ1v) is 7.82. The average molecular weight is 294 g/mol. The summed E-state index contributed by atoms with van der Waals surface area (Å²) in [6, 6.07) is 0. The minimum atomic E-state index is -0.193. The predicted octanol–water partition coefficient (Wildman–Crippen LogP) is 3.88. The van der Waals surface area contributed by atoms with Crippen molar-refractivity contribution in [3.8, 4) is 0 Å². The van der Waals surface area contributed by atoms with E-state index < -0.39 is 0 Å². The van der Waals surface area contributed by atoms with Crippen LogP contribution in [0.3, 0.4) is 0 Å². The van der Waals surface area contributed by atoms with Crippen molar-refractivity contribution in [2.75, 3.05) is 0 Å². The third kappa shape index (κ3) is 1.82. The predicted molar refractivity (Wildman–Crippen MR) is 82.8 cm³/mol. The third-order valence-electron chi connectivity index (χ3n) is 4.38. The fourth-order valence-corrected chi connectivity index (χ4v) is 4.36. The van der Waals surface area contributed by atoms with Gasteiger partial charge in [0.05, 0.1) is 5.39 Å². The van der Waals surface area contributed by atoms with E-state index in [9.17, 15) is 4.79 Å². The highest BCUT2D eigenvalue weighted by atomic mass is 32.1. The standard InChI is InChI=1S/C14H18N2OS2/c1-7-8(2)19-11-10(7)12(17)16(13(18)15-11)14(3,4)9-5-6-9/h9H,5-6H2,1-4H3,(H,15,18). The van der Waals surface area contributed by atoms with E-state index >= 15 is 0 Å². The Morgan fingerprint density at radius 3 is 2.58 bits per heavy atom. The molecule has 0 spiro atoms.